The van der Waals surface area contributed by atoms with Gasteiger partial charge in [0.15, 0.2) is 0 Å². The fraction of sp³-hybridized carbons (Fsp3) is 0. The standard InChI is InChI=1S/C13H9F2N3O3/c14-8-2-3-10(9(15)5-8)17-13(21)18-11-4-1-7(6-16-11)12(19)20/h1-6H,(H,19,20)(H2,16,17,18,21). The molecule has 21 heavy (non-hydrogen) atoms. The number of urea groups is 1. The van der Waals surface area contributed by atoms with Crippen molar-refractivity contribution in [2.45, 2.75) is 0 Å². The second kappa shape index (κ2) is 5.95. The second-order valence-electron chi connectivity index (χ2n) is 3.94. The summed E-state index contributed by atoms with van der Waals surface area (Å²) in [6.45, 7) is 0. The molecule has 108 valence electrons. The summed E-state index contributed by atoms with van der Waals surface area (Å²) in [5.41, 5.74) is -0.235. The van der Waals surface area contributed by atoms with Crippen LogP contribution in [0.25, 0.3) is 0 Å². The minimum Gasteiger partial charge on any atom is -0.478 e. The van der Waals surface area contributed by atoms with E-state index >= 15 is 0 Å². The van der Waals surface area contributed by atoms with Gasteiger partial charge in [-0.25, -0.2) is 23.4 Å². The van der Waals surface area contributed by atoms with Crippen LogP contribution in [0.5, 0.6) is 0 Å². The smallest absolute Gasteiger partial charge is 0.337 e. The molecule has 0 saturated carbocycles. The Balaban J connectivity index is 2.02. The van der Waals surface area contributed by atoms with Crippen LogP contribution in [0.15, 0.2) is 36.5 Å². The number of hydrogen-bond donors (Lipinski definition) is 3. The highest BCUT2D eigenvalue weighted by Gasteiger charge is 2.09. The van der Waals surface area contributed by atoms with Gasteiger partial charge < -0.3 is 10.4 Å². The minimum absolute atomic E-state index is 0.0365. The third-order valence-corrected chi connectivity index (χ3v) is 2.43. The molecule has 0 unspecified atom stereocenters. The average molecular weight is 293 g/mol. The highest BCUT2D eigenvalue weighted by Crippen LogP contribution is 2.15. The van der Waals surface area contributed by atoms with Crippen molar-refractivity contribution >= 4 is 23.5 Å². The van der Waals surface area contributed by atoms with E-state index in [0.717, 1.165) is 18.3 Å². The van der Waals surface area contributed by atoms with Crippen molar-refractivity contribution in [3.63, 3.8) is 0 Å². The molecule has 0 aliphatic heterocycles. The minimum atomic E-state index is -1.15. The number of carboxylic acid groups (broad SMARTS) is 1. The molecule has 3 N–H and O–H groups in total. The average Bonchev–Trinajstić information content (AvgIpc) is 2.42. The number of nitrogens with zero attached hydrogens (tertiary/aromatic N) is 1. The number of carboxylic acids is 1. The van der Waals surface area contributed by atoms with Gasteiger partial charge in [-0.1, -0.05) is 0 Å². The Morgan fingerprint density at radius 3 is 2.43 bits per heavy atom. The molecular formula is C13H9F2N3O3. The lowest BCUT2D eigenvalue weighted by Crippen LogP contribution is -2.20. The maximum absolute atomic E-state index is 13.3. The van der Waals surface area contributed by atoms with Gasteiger partial charge in [0.1, 0.15) is 17.5 Å². The molecule has 0 bridgehead atoms. The van der Waals surface area contributed by atoms with E-state index in [9.17, 15) is 18.4 Å². The predicted molar refractivity (Wildman–Crippen MR) is 70.2 cm³/mol. The molecule has 0 aliphatic rings. The van der Waals surface area contributed by atoms with Crippen molar-refractivity contribution in [2.75, 3.05) is 10.6 Å². The number of benzene rings is 1. The van der Waals surface area contributed by atoms with Crippen LogP contribution < -0.4 is 10.6 Å². The fourth-order valence-electron chi connectivity index (χ4n) is 1.46. The summed E-state index contributed by atoms with van der Waals surface area (Å²) in [6.07, 6.45) is 1.07. The summed E-state index contributed by atoms with van der Waals surface area (Å²) < 4.78 is 26.0. The Bertz CT molecular complexity index is 690. The number of anilines is 2. The molecule has 1 aromatic heterocycles. The first-order valence-electron chi connectivity index (χ1n) is 5.68. The van der Waals surface area contributed by atoms with E-state index < -0.39 is 23.6 Å². The first-order chi connectivity index (χ1) is 9.95. The maximum Gasteiger partial charge on any atom is 0.337 e. The van der Waals surface area contributed by atoms with Gasteiger partial charge in [-0.05, 0) is 24.3 Å². The molecule has 0 spiro atoms. The first kappa shape index (κ1) is 14.4. The number of carbonyl (C=O) groups is 2. The Morgan fingerprint density at radius 1 is 1.10 bits per heavy atom. The predicted octanol–water partition coefficient (Wildman–Crippen LogP) is 2.70. The van der Waals surface area contributed by atoms with Crippen molar-refractivity contribution in [1.82, 2.24) is 4.98 Å². The lowest BCUT2D eigenvalue weighted by molar-refractivity contribution is 0.0696. The van der Waals surface area contributed by atoms with Gasteiger partial charge in [-0.2, -0.15) is 0 Å². The third-order valence-electron chi connectivity index (χ3n) is 2.43. The van der Waals surface area contributed by atoms with Gasteiger partial charge in [0, 0.05) is 12.3 Å². The quantitative estimate of drug-likeness (QED) is 0.811. The van der Waals surface area contributed by atoms with Crippen molar-refractivity contribution in [2.24, 2.45) is 0 Å². The molecule has 6 nitrogen and oxygen atoms in total. The van der Waals surface area contributed by atoms with Crippen LogP contribution in [-0.2, 0) is 0 Å². The van der Waals surface area contributed by atoms with Crippen molar-refractivity contribution in [1.29, 1.82) is 0 Å². The van der Waals surface area contributed by atoms with Crippen LogP contribution in [-0.4, -0.2) is 22.1 Å². The zero-order valence-electron chi connectivity index (χ0n) is 10.4. The normalized spacial score (nSPS) is 10.0. The largest absolute Gasteiger partial charge is 0.478 e. The summed E-state index contributed by atoms with van der Waals surface area (Å²) in [4.78, 5) is 25.9. The fourth-order valence-corrected chi connectivity index (χ4v) is 1.46. The van der Waals surface area contributed by atoms with Crippen LogP contribution >= 0.6 is 0 Å². The Morgan fingerprint density at radius 2 is 1.86 bits per heavy atom. The lowest BCUT2D eigenvalue weighted by Gasteiger charge is -2.08. The Labute approximate surface area is 117 Å². The molecule has 0 radical (unpaired) electrons. The van der Waals surface area contributed by atoms with Crippen molar-refractivity contribution < 1.29 is 23.5 Å². The van der Waals surface area contributed by atoms with Gasteiger partial charge in [0.2, 0.25) is 0 Å². The van der Waals surface area contributed by atoms with Crippen LogP contribution in [0.1, 0.15) is 10.4 Å². The second-order valence-corrected chi connectivity index (χ2v) is 3.94. The van der Waals surface area contributed by atoms with Crippen molar-refractivity contribution in [3.05, 3.63) is 53.7 Å². The maximum atomic E-state index is 13.3. The lowest BCUT2D eigenvalue weighted by atomic mass is 10.3. The molecule has 1 aromatic carbocycles. The molecule has 1 heterocycles. The number of aromatic nitrogens is 1. The van der Waals surface area contributed by atoms with E-state index in [1.807, 2.05) is 0 Å². The number of pyridine rings is 1. The highest BCUT2D eigenvalue weighted by molar-refractivity contribution is 5.99. The molecule has 2 rings (SSSR count). The van der Waals surface area contributed by atoms with Gasteiger partial charge in [0.05, 0.1) is 11.3 Å². The van der Waals surface area contributed by atoms with E-state index in [1.54, 1.807) is 0 Å². The van der Waals surface area contributed by atoms with E-state index in [0.29, 0.717) is 6.07 Å². The molecule has 0 fully saturated rings. The molecule has 0 atom stereocenters. The molecule has 0 saturated heterocycles. The van der Waals surface area contributed by atoms with E-state index in [1.165, 1.54) is 12.1 Å². The van der Waals surface area contributed by atoms with Gasteiger partial charge in [0.25, 0.3) is 0 Å². The topological polar surface area (TPSA) is 91.3 Å². The highest BCUT2D eigenvalue weighted by atomic mass is 19.1. The summed E-state index contributed by atoms with van der Waals surface area (Å²) in [7, 11) is 0. The number of carbonyl (C=O) groups excluding carboxylic acids is 1. The Hall–Kier alpha value is -3.03. The van der Waals surface area contributed by atoms with Gasteiger partial charge in [-0.3, -0.25) is 5.32 Å². The first-order valence-corrected chi connectivity index (χ1v) is 5.68. The van der Waals surface area contributed by atoms with E-state index in [2.05, 4.69) is 15.6 Å². The van der Waals surface area contributed by atoms with Crippen LogP contribution in [0.4, 0.5) is 25.1 Å². The number of amides is 2. The molecule has 8 heteroatoms. The number of halogens is 2. The number of aromatic carboxylic acids is 1. The summed E-state index contributed by atoms with van der Waals surface area (Å²) >= 11 is 0. The van der Waals surface area contributed by atoms with Gasteiger partial charge >= 0.3 is 12.0 Å². The van der Waals surface area contributed by atoms with Crippen LogP contribution in [0, 0.1) is 11.6 Å². The molecule has 2 aromatic rings. The number of hydrogen-bond acceptors (Lipinski definition) is 3. The van der Waals surface area contributed by atoms with Crippen LogP contribution in [0.3, 0.4) is 0 Å². The SMILES string of the molecule is O=C(Nc1ccc(C(=O)O)cn1)Nc1ccc(F)cc1F. The number of nitrogens with one attached hydrogen (secondary N) is 2. The van der Waals surface area contributed by atoms with Crippen LogP contribution in [0.2, 0.25) is 0 Å². The summed E-state index contributed by atoms with van der Waals surface area (Å²) in [5.74, 6) is -2.74. The molecule has 2 amide bonds. The zero-order chi connectivity index (χ0) is 15.4. The third kappa shape index (κ3) is 3.72. The summed E-state index contributed by atoms with van der Waals surface area (Å²) in [6, 6.07) is 4.45. The summed E-state index contributed by atoms with van der Waals surface area (Å²) in [5, 5.41) is 13.2. The van der Waals surface area contributed by atoms with Gasteiger partial charge in [-0.15, -0.1) is 0 Å². The molecule has 0 aliphatic carbocycles. The van der Waals surface area contributed by atoms with E-state index in [-0.39, 0.29) is 17.1 Å². The number of rotatable bonds is 3. The molecular weight excluding hydrogens is 284 g/mol. The monoisotopic (exact) mass is 293 g/mol. The van der Waals surface area contributed by atoms with E-state index in [4.69, 9.17) is 5.11 Å². The Kier molecular flexibility index (Phi) is 4.07. The zero-order valence-corrected chi connectivity index (χ0v) is 10.4. The van der Waals surface area contributed by atoms with Crippen molar-refractivity contribution in [3.8, 4) is 0 Å².